The highest BCUT2D eigenvalue weighted by molar-refractivity contribution is 7.84. The normalized spacial score (nSPS) is 12.4. The molecule has 0 amide bonds. The molecule has 0 saturated carbocycles. The van der Waals surface area contributed by atoms with Gasteiger partial charge in [-0.1, -0.05) is 17.7 Å². The van der Waals surface area contributed by atoms with E-state index in [1.807, 2.05) is 0 Å². The molecule has 0 aliphatic carbocycles. The number of pyridine rings is 1. The van der Waals surface area contributed by atoms with Crippen molar-refractivity contribution < 1.29 is 8.60 Å². The predicted octanol–water partition coefficient (Wildman–Crippen LogP) is 3.18. The van der Waals surface area contributed by atoms with Gasteiger partial charge in [0.2, 0.25) is 0 Å². The second-order valence-electron chi connectivity index (χ2n) is 3.41. The van der Waals surface area contributed by atoms with Gasteiger partial charge in [-0.25, -0.2) is 4.39 Å². The Morgan fingerprint density at radius 3 is 2.88 bits per heavy atom. The van der Waals surface area contributed by atoms with Crippen LogP contribution in [0.1, 0.15) is 5.56 Å². The van der Waals surface area contributed by atoms with Gasteiger partial charge in [-0.2, -0.15) is 0 Å². The lowest BCUT2D eigenvalue weighted by Gasteiger charge is -2.04. The van der Waals surface area contributed by atoms with Crippen LogP contribution in [0.4, 0.5) is 4.39 Å². The third-order valence-corrected chi connectivity index (χ3v) is 3.90. The van der Waals surface area contributed by atoms with E-state index in [0.717, 1.165) is 5.56 Å². The van der Waals surface area contributed by atoms with Crippen LogP contribution in [0, 0.1) is 5.82 Å². The molecule has 0 N–H and O–H groups in total. The summed E-state index contributed by atoms with van der Waals surface area (Å²) in [4.78, 5) is 4.30. The molecule has 0 saturated heterocycles. The Kier molecular flexibility index (Phi) is 3.86. The van der Waals surface area contributed by atoms with E-state index in [4.69, 9.17) is 11.6 Å². The molecule has 1 aromatic heterocycles. The Labute approximate surface area is 106 Å². The minimum absolute atomic E-state index is 0.255. The first-order valence-corrected chi connectivity index (χ1v) is 6.59. The molecule has 2 aromatic rings. The Morgan fingerprint density at radius 2 is 2.18 bits per heavy atom. The van der Waals surface area contributed by atoms with Crippen LogP contribution in [0.15, 0.2) is 47.6 Å². The molecule has 17 heavy (non-hydrogen) atoms. The molecular formula is C12H9ClFNOS. The average Bonchev–Trinajstić information content (AvgIpc) is 2.32. The fraction of sp³-hybridized carbons (Fsp3) is 0.0833. The van der Waals surface area contributed by atoms with Crippen molar-refractivity contribution in [2.75, 3.05) is 0 Å². The molecule has 5 heteroatoms. The first kappa shape index (κ1) is 12.2. The second-order valence-corrected chi connectivity index (χ2v) is 5.27. The van der Waals surface area contributed by atoms with E-state index >= 15 is 0 Å². The Balaban J connectivity index is 2.20. The van der Waals surface area contributed by atoms with Crippen LogP contribution in [0.25, 0.3) is 0 Å². The van der Waals surface area contributed by atoms with E-state index in [0.29, 0.717) is 9.92 Å². The third kappa shape index (κ3) is 3.11. The topological polar surface area (TPSA) is 30.0 Å². The highest BCUT2D eigenvalue weighted by atomic mass is 35.5. The summed E-state index contributed by atoms with van der Waals surface area (Å²) in [7, 11) is -1.31. The van der Waals surface area contributed by atoms with E-state index in [1.54, 1.807) is 18.3 Å². The second kappa shape index (κ2) is 5.38. The van der Waals surface area contributed by atoms with E-state index in [1.165, 1.54) is 24.4 Å². The van der Waals surface area contributed by atoms with E-state index in [2.05, 4.69) is 4.98 Å². The smallest absolute Gasteiger partial charge is 0.124 e. The number of hydrogen-bond acceptors (Lipinski definition) is 2. The minimum atomic E-state index is -1.31. The van der Waals surface area contributed by atoms with Gasteiger partial charge in [0.15, 0.2) is 0 Å². The number of rotatable bonds is 3. The molecular weight excluding hydrogens is 261 g/mol. The standard InChI is InChI=1S/C12H9ClFNOS/c13-12-7-15-5-4-9(12)8-17(16)11-3-1-2-10(14)6-11/h1-7H,8H2. The van der Waals surface area contributed by atoms with Gasteiger partial charge in [-0.15, -0.1) is 0 Å². The fourth-order valence-corrected chi connectivity index (χ4v) is 2.79. The number of nitrogens with zero attached hydrogens (tertiary/aromatic N) is 1. The first-order chi connectivity index (χ1) is 8.16. The lowest BCUT2D eigenvalue weighted by molar-refractivity contribution is 0.622. The van der Waals surface area contributed by atoms with Gasteiger partial charge in [0.1, 0.15) is 5.82 Å². The van der Waals surface area contributed by atoms with Crippen molar-refractivity contribution in [1.82, 2.24) is 4.98 Å². The zero-order valence-corrected chi connectivity index (χ0v) is 10.3. The summed E-state index contributed by atoms with van der Waals surface area (Å²) in [6.07, 6.45) is 3.09. The Morgan fingerprint density at radius 1 is 1.35 bits per heavy atom. The number of halogens is 2. The summed E-state index contributed by atoms with van der Waals surface area (Å²) in [6.45, 7) is 0. The maximum absolute atomic E-state index is 13.0. The molecule has 0 spiro atoms. The minimum Gasteiger partial charge on any atom is -0.263 e. The van der Waals surface area contributed by atoms with E-state index in [-0.39, 0.29) is 5.75 Å². The van der Waals surface area contributed by atoms with Gasteiger partial charge < -0.3 is 0 Å². The number of benzene rings is 1. The van der Waals surface area contributed by atoms with Gasteiger partial charge in [0, 0.05) is 17.3 Å². The summed E-state index contributed by atoms with van der Waals surface area (Å²) in [5.74, 6) is -0.137. The average molecular weight is 270 g/mol. The van der Waals surface area contributed by atoms with Crippen LogP contribution in [0.5, 0.6) is 0 Å². The monoisotopic (exact) mass is 269 g/mol. The summed E-state index contributed by atoms with van der Waals surface area (Å²) < 4.78 is 25.0. The maximum atomic E-state index is 13.0. The molecule has 1 unspecified atom stereocenters. The molecule has 0 radical (unpaired) electrons. The quantitative estimate of drug-likeness (QED) is 0.857. The summed E-state index contributed by atoms with van der Waals surface area (Å²) in [6, 6.07) is 7.47. The van der Waals surface area contributed by atoms with Crippen LogP contribution in [-0.4, -0.2) is 9.19 Å². The molecule has 2 nitrogen and oxygen atoms in total. The highest BCUT2D eigenvalue weighted by Gasteiger charge is 2.08. The predicted molar refractivity (Wildman–Crippen MR) is 65.8 cm³/mol. The number of hydrogen-bond donors (Lipinski definition) is 0. The summed E-state index contributed by atoms with van der Waals surface area (Å²) in [5.41, 5.74) is 0.740. The maximum Gasteiger partial charge on any atom is 0.124 e. The van der Waals surface area contributed by atoms with Crippen molar-refractivity contribution in [3.63, 3.8) is 0 Å². The van der Waals surface area contributed by atoms with Crippen molar-refractivity contribution in [3.05, 3.63) is 59.1 Å². The zero-order chi connectivity index (χ0) is 12.3. The van der Waals surface area contributed by atoms with Crippen LogP contribution in [-0.2, 0) is 16.6 Å². The first-order valence-electron chi connectivity index (χ1n) is 4.89. The fourth-order valence-electron chi connectivity index (χ4n) is 1.35. The Hall–Kier alpha value is -1.26. The van der Waals surface area contributed by atoms with Crippen molar-refractivity contribution in [3.8, 4) is 0 Å². The molecule has 0 bridgehead atoms. The van der Waals surface area contributed by atoms with Crippen molar-refractivity contribution in [1.29, 1.82) is 0 Å². The highest BCUT2D eigenvalue weighted by Crippen LogP contribution is 2.19. The van der Waals surface area contributed by atoms with Gasteiger partial charge >= 0.3 is 0 Å². The van der Waals surface area contributed by atoms with E-state index < -0.39 is 16.6 Å². The molecule has 88 valence electrons. The van der Waals surface area contributed by atoms with E-state index in [9.17, 15) is 8.60 Å². The summed E-state index contributed by atoms with van der Waals surface area (Å²) in [5, 5.41) is 0.470. The Bertz CT molecular complexity index is 562. The van der Waals surface area contributed by atoms with Crippen molar-refractivity contribution in [2.45, 2.75) is 10.6 Å². The van der Waals surface area contributed by atoms with Crippen LogP contribution >= 0.6 is 11.6 Å². The van der Waals surface area contributed by atoms with Crippen molar-refractivity contribution >= 4 is 22.4 Å². The molecule has 2 rings (SSSR count). The largest absolute Gasteiger partial charge is 0.263 e. The van der Waals surface area contributed by atoms with Crippen LogP contribution in [0.3, 0.4) is 0 Å². The molecule has 1 heterocycles. The van der Waals surface area contributed by atoms with Gasteiger partial charge in [-0.05, 0) is 29.8 Å². The van der Waals surface area contributed by atoms with Crippen LogP contribution in [0.2, 0.25) is 5.02 Å². The van der Waals surface area contributed by atoms with Gasteiger partial charge in [-0.3, -0.25) is 9.19 Å². The molecule has 0 fully saturated rings. The molecule has 1 aromatic carbocycles. The van der Waals surface area contributed by atoms with Gasteiger partial charge in [0.05, 0.1) is 21.6 Å². The zero-order valence-electron chi connectivity index (χ0n) is 8.77. The van der Waals surface area contributed by atoms with Crippen LogP contribution < -0.4 is 0 Å². The SMILES string of the molecule is O=S(Cc1ccncc1Cl)c1cccc(F)c1. The molecule has 0 aliphatic rings. The van der Waals surface area contributed by atoms with Gasteiger partial charge in [0.25, 0.3) is 0 Å². The lowest BCUT2D eigenvalue weighted by atomic mass is 10.3. The molecule has 0 aliphatic heterocycles. The summed E-state index contributed by atoms with van der Waals surface area (Å²) >= 11 is 5.92. The number of aromatic nitrogens is 1. The lowest BCUT2D eigenvalue weighted by Crippen LogP contribution is -1.98. The molecule has 1 atom stereocenters. The van der Waals surface area contributed by atoms with Crippen molar-refractivity contribution in [2.24, 2.45) is 0 Å². The third-order valence-electron chi connectivity index (χ3n) is 2.20.